The van der Waals surface area contributed by atoms with Gasteiger partial charge in [0, 0.05) is 38.2 Å². The second-order valence-electron chi connectivity index (χ2n) is 7.48. The molecule has 1 aliphatic rings. The molecule has 6 nitrogen and oxygen atoms in total. The number of pyridine rings is 1. The van der Waals surface area contributed by atoms with Gasteiger partial charge in [0.2, 0.25) is 23.3 Å². The quantitative estimate of drug-likeness (QED) is 0.434. The van der Waals surface area contributed by atoms with Gasteiger partial charge in [-0.25, -0.2) is 0 Å². The third kappa shape index (κ3) is 4.68. The Balaban J connectivity index is 1.28. The Kier molecular flexibility index (Phi) is 6.17. The normalized spacial score (nSPS) is 14.9. The van der Waals surface area contributed by atoms with Crippen LogP contribution >= 0.6 is 0 Å². The van der Waals surface area contributed by atoms with Gasteiger partial charge in [-0.15, -0.1) is 0 Å². The van der Waals surface area contributed by atoms with Crippen LogP contribution in [0.1, 0.15) is 17.9 Å². The predicted molar refractivity (Wildman–Crippen MR) is 106 cm³/mol. The third-order valence-corrected chi connectivity index (χ3v) is 5.31. The first-order valence-electron chi connectivity index (χ1n) is 9.99. The fourth-order valence-electron chi connectivity index (χ4n) is 3.58. The van der Waals surface area contributed by atoms with Gasteiger partial charge >= 0.3 is 0 Å². The predicted octanol–water partition coefficient (Wildman–Crippen LogP) is 3.75. The van der Waals surface area contributed by atoms with Gasteiger partial charge in [0.1, 0.15) is 5.69 Å². The van der Waals surface area contributed by atoms with Crippen LogP contribution in [0, 0.1) is 30.5 Å². The van der Waals surface area contributed by atoms with E-state index in [4.69, 9.17) is 4.52 Å². The Morgan fingerprint density at radius 2 is 1.55 bits per heavy atom. The van der Waals surface area contributed by atoms with Gasteiger partial charge in [-0.2, -0.15) is 27.5 Å². The molecule has 2 aromatic heterocycles. The van der Waals surface area contributed by atoms with E-state index in [2.05, 4.69) is 20.0 Å². The minimum atomic E-state index is -1.64. The summed E-state index contributed by atoms with van der Waals surface area (Å²) in [5.74, 6) is -5.12. The lowest BCUT2D eigenvalue weighted by Crippen LogP contribution is -2.47. The summed E-state index contributed by atoms with van der Waals surface area (Å²) in [7, 11) is 0. The Bertz CT molecular complexity index is 1020. The lowest BCUT2D eigenvalue weighted by Gasteiger charge is -2.36. The molecule has 10 heteroatoms. The largest absolute Gasteiger partial charge is 0.364 e. The molecule has 0 unspecified atom stereocenters. The molecule has 31 heavy (non-hydrogen) atoms. The molecule has 0 N–H and O–H groups in total. The SMILES string of the molecule is Cc1ccc(-c2noc(CCCN3CCN(c4c(F)c(F)nc(F)c4F)CC3)n2)cc1. The van der Waals surface area contributed by atoms with Crippen LogP contribution in [0.2, 0.25) is 0 Å². The molecule has 0 radical (unpaired) electrons. The lowest BCUT2D eigenvalue weighted by molar-refractivity contribution is 0.248. The summed E-state index contributed by atoms with van der Waals surface area (Å²) in [6.45, 7) is 4.22. The van der Waals surface area contributed by atoms with Crippen molar-refractivity contribution in [3.8, 4) is 11.4 Å². The van der Waals surface area contributed by atoms with Crippen LogP contribution in [0.15, 0.2) is 28.8 Å². The minimum absolute atomic E-state index is 0.245. The molecular weight excluding hydrogens is 414 g/mol. The van der Waals surface area contributed by atoms with Crippen LogP contribution in [-0.2, 0) is 6.42 Å². The number of aromatic nitrogens is 3. The van der Waals surface area contributed by atoms with Gasteiger partial charge in [0.05, 0.1) is 0 Å². The first-order valence-corrected chi connectivity index (χ1v) is 9.99. The number of benzene rings is 1. The molecule has 164 valence electrons. The molecule has 1 saturated heterocycles. The van der Waals surface area contributed by atoms with Crippen LogP contribution in [0.5, 0.6) is 0 Å². The number of hydrogen-bond donors (Lipinski definition) is 0. The average molecular weight is 435 g/mol. The minimum Gasteiger partial charge on any atom is -0.364 e. The van der Waals surface area contributed by atoms with Crippen LogP contribution < -0.4 is 4.90 Å². The standard InChI is InChI=1S/C21H21F4N5O/c1-13-4-6-14(7-5-13)21-26-15(31-28-21)3-2-8-29-9-11-30(12-10-29)18-16(22)19(24)27-20(25)17(18)23/h4-7H,2-3,8-12H2,1H3. The molecule has 0 amide bonds. The average Bonchev–Trinajstić information content (AvgIpc) is 3.23. The third-order valence-electron chi connectivity index (χ3n) is 5.31. The first kappa shape index (κ1) is 21.2. The number of nitrogens with zero attached hydrogens (tertiary/aromatic N) is 5. The summed E-state index contributed by atoms with van der Waals surface area (Å²) in [4.78, 5) is 10.4. The highest BCUT2D eigenvalue weighted by Gasteiger charge is 2.27. The second-order valence-corrected chi connectivity index (χ2v) is 7.48. The molecule has 3 heterocycles. The van der Waals surface area contributed by atoms with E-state index in [9.17, 15) is 17.6 Å². The summed E-state index contributed by atoms with van der Waals surface area (Å²) in [5, 5.41) is 4.01. The monoisotopic (exact) mass is 435 g/mol. The van der Waals surface area contributed by atoms with Crippen LogP contribution in [0.4, 0.5) is 23.2 Å². The zero-order chi connectivity index (χ0) is 22.0. The number of anilines is 1. The molecule has 3 aromatic rings. The van der Waals surface area contributed by atoms with Crippen molar-refractivity contribution in [2.75, 3.05) is 37.6 Å². The molecule has 1 aromatic carbocycles. The number of hydrogen-bond acceptors (Lipinski definition) is 6. The molecule has 1 aliphatic heterocycles. The highest BCUT2D eigenvalue weighted by molar-refractivity contribution is 5.54. The zero-order valence-electron chi connectivity index (χ0n) is 16.9. The Hall–Kier alpha value is -3.01. The van der Waals surface area contributed by atoms with Crippen molar-refractivity contribution < 1.29 is 22.1 Å². The maximum Gasteiger partial charge on any atom is 0.253 e. The van der Waals surface area contributed by atoms with Crippen LogP contribution in [0.3, 0.4) is 0 Å². The first-order chi connectivity index (χ1) is 14.9. The highest BCUT2D eigenvalue weighted by Crippen LogP contribution is 2.27. The highest BCUT2D eigenvalue weighted by atomic mass is 19.2. The van der Waals surface area contributed by atoms with Crippen molar-refractivity contribution >= 4 is 5.69 Å². The zero-order valence-corrected chi connectivity index (χ0v) is 16.9. The number of piperazine rings is 1. The van der Waals surface area contributed by atoms with Gasteiger partial charge in [0.15, 0.2) is 0 Å². The van der Waals surface area contributed by atoms with Crippen molar-refractivity contribution in [1.29, 1.82) is 0 Å². The Labute approximate surface area is 176 Å². The summed E-state index contributed by atoms with van der Waals surface area (Å²) >= 11 is 0. The molecular formula is C21H21F4N5O. The van der Waals surface area contributed by atoms with Crippen molar-refractivity contribution in [3.05, 3.63) is 59.2 Å². The maximum absolute atomic E-state index is 13.9. The molecule has 0 saturated carbocycles. The maximum atomic E-state index is 13.9. The molecule has 0 aliphatic carbocycles. The fraction of sp³-hybridized carbons (Fsp3) is 0.381. The Morgan fingerprint density at radius 1 is 0.903 bits per heavy atom. The molecule has 0 atom stereocenters. The summed E-state index contributed by atoms with van der Waals surface area (Å²) in [5.41, 5.74) is 1.34. The number of rotatable bonds is 6. The van der Waals surface area contributed by atoms with E-state index < -0.39 is 29.2 Å². The van der Waals surface area contributed by atoms with Gasteiger partial charge in [0.25, 0.3) is 11.9 Å². The van der Waals surface area contributed by atoms with Gasteiger partial charge in [-0.3, -0.25) is 4.90 Å². The van der Waals surface area contributed by atoms with Gasteiger partial charge in [-0.1, -0.05) is 35.0 Å². The molecule has 0 spiro atoms. The van der Waals surface area contributed by atoms with E-state index in [1.54, 1.807) is 0 Å². The molecule has 1 fully saturated rings. The topological polar surface area (TPSA) is 58.3 Å². The van der Waals surface area contributed by atoms with E-state index in [1.807, 2.05) is 31.2 Å². The van der Waals surface area contributed by atoms with E-state index >= 15 is 0 Å². The summed E-state index contributed by atoms with van der Waals surface area (Å²) in [6, 6.07) is 7.85. The van der Waals surface area contributed by atoms with E-state index in [0.29, 0.717) is 31.2 Å². The van der Waals surface area contributed by atoms with Crippen molar-refractivity contribution in [3.63, 3.8) is 0 Å². The van der Waals surface area contributed by atoms with Crippen molar-refractivity contribution in [2.45, 2.75) is 19.8 Å². The molecule has 4 rings (SSSR count). The second kappa shape index (κ2) is 9.01. The number of aryl methyl sites for hydroxylation is 2. The summed E-state index contributed by atoms with van der Waals surface area (Å²) < 4.78 is 59.9. The van der Waals surface area contributed by atoms with Gasteiger partial charge in [-0.05, 0) is 19.9 Å². The van der Waals surface area contributed by atoms with Crippen LogP contribution in [-0.4, -0.2) is 52.7 Å². The fourth-order valence-corrected chi connectivity index (χ4v) is 3.58. The van der Waals surface area contributed by atoms with Crippen molar-refractivity contribution in [2.24, 2.45) is 0 Å². The lowest BCUT2D eigenvalue weighted by atomic mass is 10.1. The van der Waals surface area contributed by atoms with E-state index in [1.165, 1.54) is 4.90 Å². The van der Waals surface area contributed by atoms with Gasteiger partial charge < -0.3 is 9.42 Å². The van der Waals surface area contributed by atoms with Crippen LogP contribution in [0.25, 0.3) is 11.4 Å². The smallest absolute Gasteiger partial charge is 0.253 e. The van der Waals surface area contributed by atoms with E-state index in [-0.39, 0.29) is 13.1 Å². The Morgan fingerprint density at radius 3 is 2.19 bits per heavy atom. The number of halogens is 4. The summed E-state index contributed by atoms with van der Waals surface area (Å²) in [6.07, 6.45) is 1.36. The van der Waals surface area contributed by atoms with E-state index in [0.717, 1.165) is 24.1 Å². The molecule has 0 bridgehead atoms. The van der Waals surface area contributed by atoms with Crippen molar-refractivity contribution in [1.82, 2.24) is 20.0 Å².